The SMILES string of the molecule is N/C(=N/O)c1ccnc(Oc2ccc(F)cc2Br)n1. The molecule has 1 aromatic carbocycles. The molecule has 8 heteroatoms. The zero-order chi connectivity index (χ0) is 13.8. The van der Waals surface area contributed by atoms with Gasteiger partial charge in [0.15, 0.2) is 5.84 Å². The lowest BCUT2D eigenvalue weighted by Crippen LogP contribution is -2.15. The van der Waals surface area contributed by atoms with Gasteiger partial charge in [-0.3, -0.25) is 0 Å². The van der Waals surface area contributed by atoms with E-state index in [1.54, 1.807) is 0 Å². The minimum atomic E-state index is -0.398. The van der Waals surface area contributed by atoms with E-state index in [2.05, 4.69) is 31.1 Å². The Labute approximate surface area is 115 Å². The largest absolute Gasteiger partial charge is 0.423 e. The average Bonchev–Trinajstić information content (AvgIpc) is 2.41. The van der Waals surface area contributed by atoms with Crippen LogP contribution in [0.2, 0.25) is 0 Å². The standard InChI is InChI=1S/C11H8BrFN4O2/c12-7-5-6(13)1-2-9(7)19-11-15-4-3-8(16-11)10(14)17-18/h1-5,18H,(H2,14,17). The molecule has 0 aliphatic carbocycles. The number of benzene rings is 1. The first kappa shape index (κ1) is 13.2. The van der Waals surface area contributed by atoms with Gasteiger partial charge < -0.3 is 15.7 Å². The number of amidine groups is 1. The van der Waals surface area contributed by atoms with Gasteiger partial charge in [0, 0.05) is 6.20 Å². The molecule has 0 saturated heterocycles. The molecule has 2 rings (SSSR count). The summed E-state index contributed by atoms with van der Waals surface area (Å²) in [6.45, 7) is 0. The van der Waals surface area contributed by atoms with Gasteiger partial charge >= 0.3 is 6.01 Å². The van der Waals surface area contributed by atoms with E-state index in [1.807, 2.05) is 0 Å². The lowest BCUT2D eigenvalue weighted by atomic mass is 10.3. The molecule has 0 aliphatic heterocycles. The maximum Gasteiger partial charge on any atom is 0.322 e. The lowest BCUT2D eigenvalue weighted by Gasteiger charge is -2.06. The van der Waals surface area contributed by atoms with E-state index in [9.17, 15) is 4.39 Å². The monoisotopic (exact) mass is 326 g/mol. The van der Waals surface area contributed by atoms with E-state index in [0.717, 1.165) is 0 Å². The lowest BCUT2D eigenvalue weighted by molar-refractivity contribution is 0.318. The second kappa shape index (κ2) is 5.61. The summed E-state index contributed by atoms with van der Waals surface area (Å²) in [5, 5.41) is 11.4. The zero-order valence-corrected chi connectivity index (χ0v) is 11.0. The highest BCUT2D eigenvalue weighted by Crippen LogP contribution is 2.28. The summed E-state index contributed by atoms with van der Waals surface area (Å²) in [5.41, 5.74) is 5.62. The van der Waals surface area contributed by atoms with Gasteiger partial charge in [-0.25, -0.2) is 9.37 Å². The normalized spacial score (nSPS) is 11.4. The first-order valence-electron chi connectivity index (χ1n) is 5.04. The van der Waals surface area contributed by atoms with Crippen molar-refractivity contribution in [2.24, 2.45) is 10.9 Å². The Bertz CT molecular complexity index is 636. The van der Waals surface area contributed by atoms with Crippen LogP contribution in [0.1, 0.15) is 5.69 Å². The number of nitrogens with zero attached hydrogens (tertiary/aromatic N) is 3. The third kappa shape index (κ3) is 3.16. The van der Waals surface area contributed by atoms with Crippen molar-refractivity contribution >= 4 is 21.8 Å². The number of aromatic nitrogens is 2. The second-order valence-corrected chi connectivity index (χ2v) is 4.24. The smallest absolute Gasteiger partial charge is 0.322 e. The fourth-order valence-electron chi connectivity index (χ4n) is 1.24. The Balaban J connectivity index is 2.28. The van der Waals surface area contributed by atoms with Gasteiger partial charge in [0.25, 0.3) is 0 Å². The highest BCUT2D eigenvalue weighted by Gasteiger charge is 2.08. The van der Waals surface area contributed by atoms with Gasteiger partial charge in [-0.15, -0.1) is 0 Å². The molecule has 0 fully saturated rings. The molecule has 0 radical (unpaired) electrons. The van der Waals surface area contributed by atoms with Crippen molar-refractivity contribution in [2.75, 3.05) is 0 Å². The molecule has 1 heterocycles. The molecule has 2 aromatic rings. The van der Waals surface area contributed by atoms with E-state index in [0.29, 0.717) is 10.2 Å². The maximum absolute atomic E-state index is 12.9. The van der Waals surface area contributed by atoms with Crippen molar-refractivity contribution in [3.8, 4) is 11.8 Å². The van der Waals surface area contributed by atoms with Crippen LogP contribution in [0.4, 0.5) is 4.39 Å². The zero-order valence-electron chi connectivity index (χ0n) is 9.42. The molecule has 0 bridgehead atoms. The molecule has 98 valence electrons. The number of oxime groups is 1. The van der Waals surface area contributed by atoms with Crippen LogP contribution in [0.15, 0.2) is 40.1 Å². The van der Waals surface area contributed by atoms with Gasteiger partial charge in [-0.05, 0) is 40.2 Å². The predicted molar refractivity (Wildman–Crippen MR) is 68.7 cm³/mol. The summed E-state index contributed by atoms with van der Waals surface area (Å²) in [5.74, 6) is -0.214. The number of ether oxygens (including phenoxy) is 1. The Hall–Kier alpha value is -2.22. The van der Waals surface area contributed by atoms with E-state index in [-0.39, 0.29) is 17.5 Å². The summed E-state index contributed by atoms with van der Waals surface area (Å²) in [7, 11) is 0. The Morgan fingerprint density at radius 2 is 2.21 bits per heavy atom. The highest BCUT2D eigenvalue weighted by molar-refractivity contribution is 9.10. The number of hydrogen-bond acceptors (Lipinski definition) is 5. The molecular formula is C11H8BrFN4O2. The topological polar surface area (TPSA) is 93.6 Å². The van der Waals surface area contributed by atoms with E-state index in [4.69, 9.17) is 15.7 Å². The van der Waals surface area contributed by atoms with E-state index >= 15 is 0 Å². The molecule has 6 nitrogen and oxygen atoms in total. The van der Waals surface area contributed by atoms with Crippen molar-refractivity contribution in [2.45, 2.75) is 0 Å². The quantitative estimate of drug-likeness (QED) is 0.390. The number of hydrogen-bond donors (Lipinski definition) is 2. The van der Waals surface area contributed by atoms with Gasteiger partial charge in [-0.2, -0.15) is 4.98 Å². The summed E-state index contributed by atoms with van der Waals surface area (Å²) in [4.78, 5) is 7.81. The Kier molecular flexibility index (Phi) is 3.91. The van der Waals surface area contributed by atoms with Gasteiger partial charge in [-0.1, -0.05) is 5.16 Å². The molecular weight excluding hydrogens is 319 g/mol. The third-order valence-electron chi connectivity index (χ3n) is 2.10. The van der Waals surface area contributed by atoms with Crippen LogP contribution in [-0.4, -0.2) is 21.0 Å². The molecule has 3 N–H and O–H groups in total. The summed E-state index contributed by atoms with van der Waals surface area (Å²) < 4.78 is 18.7. The van der Waals surface area contributed by atoms with Gasteiger partial charge in [0.2, 0.25) is 0 Å². The first-order chi connectivity index (χ1) is 9.10. The fraction of sp³-hybridized carbons (Fsp3) is 0. The molecule has 0 amide bonds. The summed E-state index contributed by atoms with van der Waals surface area (Å²) in [6, 6.07) is 5.38. The van der Waals surface area contributed by atoms with Crippen LogP contribution in [0.25, 0.3) is 0 Å². The maximum atomic E-state index is 12.9. The summed E-state index contributed by atoms with van der Waals surface area (Å²) >= 11 is 3.16. The van der Waals surface area contributed by atoms with Gasteiger partial charge in [0.05, 0.1) is 4.47 Å². The van der Waals surface area contributed by atoms with Crippen molar-refractivity contribution < 1.29 is 14.3 Å². The summed E-state index contributed by atoms with van der Waals surface area (Å²) in [6.07, 6.45) is 1.40. The van der Waals surface area contributed by atoms with Gasteiger partial charge in [0.1, 0.15) is 17.3 Å². The molecule has 0 aliphatic rings. The molecule has 0 spiro atoms. The minimum absolute atomic E-state index is 0.00333. The third-order valence-corrected chi connectivity index (χ3v) is 2.72. The fourth-order valence-corrected chi connectivity index (χ4v) is 1.67. The van der Waals surface area contributed by atoms with Crippen molar-refractivity contribution in [3.63, 3.8) is 0 Å². The highest BCUT2D eigenvalue weighted by atomic mass is 79.9. The van der Waals surface area contributed by atoms with Crippen LogP contribution in [-0.2, 0) is 0 Å². The Morgan fingerprint density at radius 1 is 1.42 bits per heavy atom. The molecule has 1 aromatic heterocycles. The van der Waals surface area contributed by atoms with Crippen LogP contribution >= 0.6 is 15.9 Å². The first-order valence-corrected chi connectivity index (χ1v) is 5.83. The van der Waals surface area contributed by atoms with Crippen molar-refractivity contribution in [1.29, 1.82) is 0 Å². The van der Waals surface area contributed by atoms with Crippen LogP contribution in [0, 0.1) is 5.82 Å². The van der Waals surface area contributed by atoms with Crippen LogP contribution in [0.5, 0.6) is 11.8 Å². The van der Waals surface area contributed by atoms with Crippen molar-refractivity contribution in [1.82, 2.24) is 9.97 Å². The molecule has 0 atom stereocenters. The predicted octanol–water partition coefficient (Wildman–Crippen LogP) is 2.26. The Morgan fingerprint density at radius 3 is 2.89 bits per heavy atom. The number of rotatable bonds is 3. The van der Waals surface area contributed by atoms with Crippen LogP contribution in [0.3, 0.4) is 0 Å². The number of halogens is 2. The minimum Gasteiger partial charge on any atom is -0.423 e. The number of nitrogens with two attached hydrogens (primary N) is 1. The van der Waals surface area contributed by atoms with E-state index in [1.165, 1.54) is 30.5 Å². The van der Waals surface area contributed by atoms with Crippen molar-refractivity contribution in [3.05, 3.63) is 46.4 Å². The molecule has 19 heavy (non-hydrogen) atoms. The van der Waals surface area contributed by atoms with Crippen LogP contribution < -0.4 is 10.5 Å². The second-order valence-electron chi connectivity index (χ2n) is 3.39. The molecule has 0 unspecified atom stereocenters. The average molecular weight is 327 g/mol. The molecule has 0 saturated carbocycles. The van der Waals surface area contributed by atoms with E-state index < -0.39 is 5.82 Å².